The van der Waals surface area contributed by atoms with Gasteiger partial charge in [-0.05, 0) is 12.8 Å². The number of ether oxygens (including phenoxy) is 2. The molecule has 0 amide bonds. The molecule has 0 spiro atoms. The van der Waals surface area contributed by atoms with Gasteiger partial charge in [0.2, 0.25) is 0 Å². The smallest absolute Gasteiger partial charge is 0.0809 e. The van der Waals surface area contributed by atoms with E-state index in [1.807, 2.05) is 0 Å². The lowest BCUT2D eigenvalue weighted by molar-refractivity contribution is 0.0380. The second kappa shape index (κ2) is 4.77. The van der Waals surface area contributed by atoms with Crippen LogP contribution in [0, 0.1) is 0 Å². The largest absolute Gasteiger partial charge is 0.382 e. The zero-order valence-corrected chi connectivity index (χ0v) is 5.22. The third-order valence-corrected chi connectivity index (χ3v) is 1.38. The molecule has 56 valence electrons. The first-order valence-electron chi connectivity index (χ1n) is 3.04. The van der Waals surface area contributed by atoms with Crippen molar-refractivity contribution in [3.63, 3.8) is 0 Å². The van der Waals surface area contributed by atoms with E-state index in [2.05, 4.69) is 0 Å². The molecule has 9 heavy (non-hydrogen) atoms. The van der Waals surface area contributed by atoms with Gasteiger partial charge in [-0.15, -0.1) is 0 Å². The Bertz CT molecular complexity index is 57.9. The quantitative estimate of drug-likeness (QED) is 0.566. The summed E-state index contributed by atoms with van der Waals surface area (Å²) in [5.74, 6) is 0. The predicted molar refractivity (Wildman–Crippen MR) is 37.6 cm³/mol. The van der Waals surface area contributed by atoms with Gasteiger partial charge in [-0.25, -0.2) is 0 Å². The lowest BCUT2D eigenvalue weighted by Gasteiger charge is -2.05. The topological polar surface area (TPSA) is 18.5 Å². The number of hydrogen-bond acceptors (Lipinski definition) is 2. The van der Waals surface area contributed by atoms with Crippen molar-refractivity contribution in [3.8, 4) is 0 Å². The van der Waals surface area contributed by atoms with E-state index in [-0.39, 0.29) is 7.43 Å². The van der Waals surface area contributed by atoms with E-state index in [4.69, 9.17) is 9.47 Å². The Kier molecular flexibility index (Phi) is 4.72. The highest BCUT2D eigenvalue weighted by atomic mass is 16.5. The fourth-order valence-electron chi connectivity index (χ4n) is 0.962. The fraction of sp³-hybridized carbons (Fsp3) is 1.00. The minimum absolute atomic E-state index is 0. The maximum Gasteiger partial charge on any atom is 0.0809 e. The van der Waals surface area contributed by atoms with Crippen LogP contribution in [-0.4, -0.2) is 26.4 Å². The summed E-state index contributed by atoms with van der Waals surface area (Å²) in [5.41, 5.74) is 0. The highest BCUT2D eigenvalue weighted by Gasteiger charge is 2.13. The fourth-order valence-corrected chi connectivity index (χ4v) is 0.962. The molecule has 0 bridgehead atoms. The third kappa shape index (κ3) is 2.82. The average Bonchev–Trinajstić information content (AvgIpc) is 2.19. The van der Waals surface area contributed by atoms with Crippen molar-refractivity contribution in [1.29, 1.82) is 0 Å². The van der Waals surface area contributed by atoms with Crippen LogP contribution in [0.5, 0.6) is 0 Å². The zero-order chi connectivity index (χ0) is 5.82. The van der Waals surface area contributed by atoms with Crippen LogP contribution in [-0.2, 0) is 9.47 Å². The van der Waals surface area contributed by atoms with Crippen molar-refractivity contribution in [2.45, 2.75) is 26.4 Å². The van der Waals surface area contributed by atoms with Gasteiger partial charge in [0.15, 0.2) is 0 Å². The summed E-state index contributed by atoms with van der Waals surface area (Å²) >= 11 is 0. The molecular formula is C7H16O2. The molecule has 0 N–H and O–H groups in total. The Balaban J connectivity index is 0.000000640. The van der Waals surface area contributed by atoms with E-state index in [0.29, 0.717) is 6.10 Å². The summed E-state index contributed by atoms with van der Waals surface area (Å²) < 4.78 is 10.2. The van der Waals surface area contributed by atoms with Gasteiger partial charge in [0, 0.05) is 13.7 Å². The summed E-state index contributed by atoms with van der Waals surface area (Å²) in [5, 5.41) is 0. The van der Waals surface area contributed by atoms with Crippen molar-refractivity contribution < 1.29 is 9.47 Å². The van der Waals surface area contributed by atoms with Gasteiger partial charge in [0.25, 0.3) is 0 Å². The maximum atomic E-state index is 5.27. The number of rotatable bonds is 2. The van der Waals surface area contributed by atoms with Crippen LogP contribution in [0.3, 0.4) is 0 Å². The van der Waals surface area contributed by atoms with E-state index in [0.717, 1.165) is 13.2 Å². The molecule has 1 rings (SSSR count). The molecule has 0 aromatic carbocycles. The minimum Gasteiger partial charge on any atom is -0.382 e. The summed E-state index contributed by atoms with van der Waals surface area (Å²) in [7, 11) is 1.71. The van der Waals surface area contributed by atoms with Crippen LogP contribution in [0.1, 0.15) is 20.3 Å². The van der Waals surface area contributed by atoms with Gasteiger partial charge in [0.05, 0.1) is 12.7 Å². The molecular weight excluding hydrogens is 116 g/mol. The lowest BCUT2D eigenvalue weighted by atomic mass is 10.2. The van der Waals surface area contributed by atoms with E-state index in [1.165, 1.54) is 12.8 Å². The second-order valence-corrected chi connectivity index (χ2v) is 2.09. The number of methoxy groups -OCH3 is 1. The molecule has 1 saturated heterocycles. The first kappa shape index (κ1) is 8.92. The van der Waals surface area contributed by atoms with Crippen molar-refractivity contribution in [1.82, 2.24) is 0 Å². The molecule has 0 aromatic heterocycles. The molecule has 1 aliphatic heterocycles. The van der Waals surface area contributed by atoms with E-state index in [1.54, 1.807) is 7.11 Å². The van der Waals surface area contributed by atoms with Crippen molar-refractivity contribution in [2.24, 2.45) is 0 Å². The molecule has 2 heteroatoms. The first-order chi connectivity index (χ1) is 3.93. The molecule has 0 saturated carbocycles. The maximum absolute atomic E-state index is 5.27. The monoisotopic (exact) mass is 132 g/mol. The molecule has 1 fully saturated rings. The summed E-state index contributed by atoms with van der Waals surface area (Å²) in [4.78, 5) is 0. The summed E-state index contributed by atoms with van der Waals surface area (Å²) in [6.07, 6.45) is 2.77. The second-order valence-electron chi connectivity index (χ2n) is 2.09. The van der Waals surface area contributed by atoms with Crippen molar-refractivity contribution in [3.05, 3.63) is 0 Å². The van der Waals surface area contributed by atoms with Crippen LogP contribution in [0.4, 0.5) is 0 Å². The molecule has 0 aliphatic carbocycles. The zero-order valence-electron chi connectivity index (χ0n) is 5.22. The van der Waals surface area contributed by atoms with Gasteiger partial charge in [-0.3, -0.25) is 0 Å². The molecule has 1 unspecified atom stereocenters. The van der Waals surface area contributed by atoms with Crippen LogP contribution in [0.25, 0.3) is 0 Å². The highest BCUT2D eigenvalue weighted by molar-refractivity contribution is 4.62. The molecule has 0 aromatic rings. The Morgan fingerprint density at radius 2 is 2.44 bits per heavy atom. The lowest BCUT2D eigenvalue weighted by Crippen LogP contribution is -2.11. The molecule has 1 heterocycles. The van der Waals surface area contributed by atoms with Crippen molar-refractivity contribution in [2.75, 3.05) is 20.3 Å². The highest BCUT2D eigenvalue weighted by Crippen LogP contribution is 2.10. The normalized spacial score (nSPS) is 25.7. The third-order valence-electron chi connectivity index (χ3n) is 1.38. The minimum atomic E-state index is 0. The Morgan fingerprint density at radius 3 is 2.89 bits per heavy atom. The number of hydrogen-bond donors (Lipinski definition) is 0. The first-order valence-corrected chi connectivity index (χ1v) is 3.04. The predicted octanol–water partition coefficient (Wildman–Crippen LogP) is 1.45. The van der Waals surface area contributed by atoms with Crippen LogP contribution >= 0.6 is 0 Å². The van der Waals surface area contributed by atoms with Crippen LogP contribution in [0.2, 0.25) is 0 Å². The van der Waals surface area contributed by atoms with Crippen molar-refractivity contribution >= 4 is 0 Å². The van der Waals surface area contributed by atoms with Gasteiger partial charge in [-0.1, -0.05) is 7.43 Å². The van der Waals surface area contributed by atoms with Gasteiger partial charge < -0.3 is 9.47 Å². The van der Waals surface area contributed by atoms with E-state index in [9.17, 15) is 0 Å². The SMILES string of the molecule is C.COCC1CCCO1. The summed E-state index contributed by atoms with van der Waals surface area (Å²) in [6, 6.07) is 0. The van der Waals surface area contributed by atoms with Gasteiger partial charge in [-0.2, -0.15) is 0 Å². The standard InChI is InChI=1S/C6H12O2.CH4/c1-7-5-6-3-2-4-8-6;/h6H,2-5H2,1H3;1H4. The van der Waals surface area contributed by atoms with Crippen LogP contribution in [0.15, 0.2) is 0 Å². The molecule has 1 aliphatic rings. The molecule has 1 atom stereocenters. The van der Waals surface area contributed by atoms with Gasteiger partial charge in [0.1, 0.15) is 0 Å². The van der Waals surface area contributed by atoms with E-state index >= 15 is 0 Å². The van der Waals surface area contributed by atoms with Gasteiger partial charge >= 0.3 is 0 Å². The Labute approximate surface area is 57.2 Å². The van der Waals surface area contributed by atoms with Crippen LogP contribution < -0.4 is 0 Å². The Hall–Kier alpha value is -0.0800. The summed E-state index contributed by atoms with van der Waals surface area (Å²) in [6.45, 7) is 1.69. The average molecular weight is 132 g/mol. The Morgan fingerprint density at radius 1 is 1.67 bits per heavy atom. The molecule has 0 radical (unpaired) electrons. The molecule has 2 nitrogen and oxygen atoms in total. The van der Waals surface area contributed by atoms with E-state index < -0.39 is 0 Å².